The van der Waals surface area contributed by atoms with Crippen molar-refractivity contribution < 1.29 is 0 Å². The summed E-state index contributed by atoms with van der Waals surface area (Å²) >= 11 is 8.02. The summed E-state index contributed by atoms with van der Waals surface area (Å²) in [5, 5.41) is 2.36. The molecule has 0 aliphatic carbocycles. The van der Waals surface area contributed by atoms with E-state index in [1.54, 1.807) is 0 Å². The van der Waals surface area contributed by atoms with Crippen molar-refractivity contribution in [3.8, 4) is 0 Å². The van der Waals surface area contributed by atoms with Crippen LogP contribution in [0.4, 0.5) is 5.69 Å². The highest BCUT2D eigenvalue weighted by Gasteiger charge is 2.14. The SMILES string of the molecule is CC(C)(C)c1ccc(N=C=S)c(Br)c1. The second kappa shape index (κ2) is 4.35. The van der Waals surface area contributed by atoms with Crippen LogP contribution in [0.1, 0.15) is 26.3 Å². The van der Waals surface area contributed by atoms with Crippen LogP contribution in [-0.4, -0.2) is 5.16 Å². The molecule has 0 amide bonds. The van der Waals surface area contributed by atoms with Gasteiger partial charge in [-0.25, -0.2) is 0 Å². The molecule has 0 bridgehead atoms. The number of rotatable bonds is 1. The summed E-state index contributed by atoms with van der Waals surface area (Å²) in [4.78, 5) is 3.95. The highest BCUT2D eigenvalue weighted by atomic mass is 79.9. The molecule has 0 atom stereocenters. The lowest BCUT2D eigenvalue weighted by Crippen LogP contribution is -2.10. The van der Waals surface area contributed by atoms with Gasteiger partial charge in [-0.15, -0.1) is 0 Å². The third kappa shape index (κ3) is 2.74. The second-order valence-corrected chi connectivity index (χ2v) is 5.16. The summed E-state index contributed by atoms with van der Waals surface area (Å²) in [6.45, 7) is 6.53. The number of benzene rings is 1. The van der Waals surface area contributed by atoms with E-state index in [4.69, 9.17) is 0 Å². The first kappa shape index (κ1) is 11.6. The molecule has 0 aliphatic rings. The number of thiocarbonyl (C=S) groups is 1. The van der Waals surface area contributed by atoms with Gasteiger partial charge in [-0.2, -0.15) is 4.99 Å². The van der Waals surface area contributed by atoms with Crippen LogP contribution in [0, 0.1) is 0 Å². The Morgan fingerprint density at radius 2 is 2.00 bits per heavy atom. The van der Waals surface area contributed by atoms with E-state index in [1.807, 2.05) is 6.07 Å². The van der Waals surface area contributed by atoms with Gasteiger partial charge in [0.15, 0.2) is 0 Å². The predicted molar refractivity (Wildman–Crippen MR) is 67.5 cm³/mol. The first-order chi connectivity index (χ1) is 6.45. The van der Waals surface area contributed by atoms with Crippen LogP contribution in [0.2, 0.25) is 0 Å². The van der Waals surface area contributed by atoms with Gasteiger partial charge in [0.05, 0.1) is 10.8 Å². The van der Waals surface area contributed by atoms with Crippen molar-refractivity contribution in [2.45, 2.75) is 26.2 Å². The Labute approximate surface area is 98.4 Å². The van der Waals surface area contributed by atoms with Crippen molar-refractivity contribution in [3.05, 3.63) is 28.2 Å². The normalized spacial score (nSPS) is 10.9. The molecule has 0 saturated heterocycles. The third-order valence-corrected chi connectivity index (χ3v) is 2.71. The van der Waals surface area contributed by atoms with Gasteiger partial charge in [0.1, 0.15) is 0 Å². The summed E-state index contributed by atoms with van der Waals surface area (Å²) in [5.74, 6) is 0. The Morgan fingerprint density at radius 1 is 1.36 bits per heavy atom. The second-order valence-electron chi connectivity index (χ2n) is 4.12. The molecule has 3 heteroatoms. The summed E-state index contributed by atoms with van der Waals surface area (Å²) in [6.07, 6.45) is 0. The first-order valence-electron chi connectivity index (χ1n) is 4.33. The molecule has 1 aromatic rings. The zero-order valence-electron chi connectivity index (χ0n) is 8.47. The lowest BCUT2D eigenvalue weighted by Gasteiger charge is -2.19. The molecule has 1 aromatic carbocycles. The van der Waals surface area contributed by atoms with E-state index in [0.717, 1.165) is 10.2 Å². The molecule has 0 aliphatic heterocycles. The molecule has 0 fully saturated rings. The van der Waals surface area contributed by atoms with Crippen LogP contribution in [0.15, 0.2) is 27.7 Å². The largest absolute Gasteiger partial charge is 0.194 e. The van der Waals surface area contributed by atoms with Gasteiger partial charge >= 0.3 is 0 Å². The van der Waals surface area contributed by atoms with Crippen molar-refractivity contribution in [3.63, 3.8) is 0 Å². The molecule has 0 heterocycles. The fraction of sp³-hybridized carbons (Fsp3) is 0.364. The highest BCUT2D eigenvalue weighted by Crippen LogP contribution is 2.31. The number of aliphatic imine (C=N–C) groups is 1. The fourth-order valence-electron chi connectivity index (χ4n) is 1.11. The van der Waals surface area contributed by atoms with Crippen LogP contribution >= 0.6 is 28.1 Å². The van der Waals surface area contributed by atoms with Gasteiger partial charge < -0.3 is 0 Å². The Kier molecular flexibility index (Phi) is 3.59. The van der Waals surface area contributed by atoms with Crippen LogP contribution in [0.25, 0.3) is 0 Å². The minimum atomic E-state index is 0.155. The maximum absolute atomic E-state index is 4.56. The molecule has 74 valence electrons. The van der Waals surface area contributed by atoms with E-state index in [0.29, 0.717) is 0 Å². The number of halogens is 1. The summed E-state index contributed by atoms with van der Waals surface area (Å²) in [6, 6.07) is 6.09. The molecule has 0 unspecified atom stereocenters. The molecule has 0 saturated carbocycles. The van der Waals surface area contributed by atoms with Gasteiger partial charge in [-0.1, -0.05) is 26.8 Å². The van der Waals surface area contributed by atoms with Crippen molar-refractivity contribution in [2.75, 3.05) is 0 Å². The van der Waals surface area contributed by atoms with Crippen LogP contribution in [0.3, 0.4) is 0 Å². The molecule has 1 rings (SSSR count). The fourth-order valence-corrected chi connectivity index (χ4v) is 1.68. The average molecular weight is 270 g/mol. The van der Waals surface area contributed by atoms with Crippen molar-refractivity contribution in [2.24, 2.45) is 4.99 Å². The minimum absolute atomic E-state index is 0.155. The minimum Gasteiger partial charge on any atom is -0.194 e. The molecule has 1 nitrogen and oxygen atoms in total. The topological polar surface area (TPSA) is 12.4 Å². The standard InChI is InChI=1S/C11H12BrNS/c1-11(2,3)8-4-5-10(13-7-14)9(12)6-8/h4-6H,1-3H3. The molecule has 0 aromatic heterocycles. The van der Waals surface area contributed by atoms with Gasteiger partial charge in [0.2, 0.25) is 0 Å². The molecular weight excluding hydrogens is 258 g/mol. The Bertz CT molecular complexity index is 387. The monoisotopic (exact) mass is 269 g/mol. The van der Waals surface area contributed by atoms with E-state index in [-0.39, 0.29) is 5.41 Å². The van der Waals surface area contributed by atoms with E-state index in [2.05, 4.69) is 71.2 Å². The van der Waals surface area contributed by atoms with Crippen molar-refractivity contribution in [1.29, 1.82) is 0 Å². The number of hydrogen-bond donors (Lipinski definition) is 0. The predicted octanol–water partition coefficient (Wildman–Crippen LogP) is 4.48. The van der Waals surface area contributed by atoms with Crippen LogP contribution in [0.5, 0.6) is 0 Å². The van der Waals surface area contributed by atoms with E-state index in [1.165, 1.54) is 5.56 Å². The Balaban J connectivity index is 3.19. The summed E-state index contributed by atoms with van der Waals surface area (Å²) in [5.41, 5.74) is 2.25. The van der Waals surface area contributed by atoms with E-state index < -0.39 is 0 Å². The maximum Gasteiger partial charge on any atom is 0.0881 e. The average Bonchev–Trinajstić information content (AvgIpc) is 2.07. The smallest absolute Gasteiger partial charge is 0.0881 e. The first-order valence-corrected chi connectivity index (χ1v) is 5.53. The lowest BCUT2D eigenvalue weighted by atomic mass is 9.87. The molecule has 14 heavy (non-hydrogen) atoms. The molecule has 0 N–H and O–H groups in total. The molecular formula is C11H12BrNS. The van der Waals surface area contributed by atoms with Crippen molar-refractivity contribution in [1.82, 2.24) is 0 Å². The number of nitrogens with zero attached hydrogens (tertiary/aromatic N) is 1. The molecule has 0 radical (unpaired) electrons. The molecule has 0 spiro atoms. The lowest BCUT2D eigenvalue weighted by molar-refractivity contribution is 0.590. The van der Waals surface area contributed by atoms with Crippen molar-refractivity contribution >= 4 is 39.0 Å². The summed E-state index contributed by atoms with van der Waals surface area (Å²) < 4.78 is 0.960. The quantitative estimate of drug-likeness (QED) is 0.541. The zero-order valence-corrected chi connectivity index (χ0v) is 10.9. The van der Waals surface area contributed by atoms with Gasteiger partial charge in [-0.3, -0.25) is 0 Å². The van der Waals surface area contributed by atoms with Gasteiger partial charge in [0.25, 0.3) is 0 Å². The maximum atomic E-state index is 4.56. The van der Waals surface area contributed by atoms with E-state index in [9.17, 15) is 0 Å². The van der Waals surface area contributed by atoms with Gasteiger partial charge in [0, 0.05) is 4.47 Å². The van der Waals surface area contributed by atoms with Crippen LogP contribution < -0.4 is 0 Å². The number of isothiocyanates is 1. The van der Waals surface area contributed by atoms with E-state index >= 15 is 0 Å². The van der Waals surface area contributed by atoms with Crippen LogP contribution in [-0.2, 0) is 5.41 Å². The number of hydrogen-bond acceptors (Lipinski definition) is 2. The third-order valence-electron chi connectivity index (χ3n) is 1.98. The highest BCUT2D eigenvalue weighted by molar-refractivity contribution is 9.10. The Morgan fingerprint density at radius 3 is 2.43 bits per heavy atom. The summed E-state index contributed by atoms with van der Waals surface area (Å²) in [7, 11) is 0. The van der Waals surface area contributed by atoms with Gasteiger partial charge in [-0.05, 0) is 51.3 Å². The Hall–Kier alpha value is -0.500. The zero-order chi connectivity index (χ0) is 10.8.